The van der Waals surface area contributed by atoms with Crippen molar-refractivity contribution in [1.29, 1.82) is 0 Å². The van der Waals surface area contributed by atoms with E-state index in [0.717, 1.165) is 29.4 Å². The molecule has 3 aromatic rings. The lowest BCUT2D eigenvalue weighted by Gasteiger charge is -2.38. The van der Waals surface area contributed by atoms with Crippen LogP contribution in [0.3, 0.4) is 0 Å². The van der Waals surface area contributed by atoms with Crippen LogP contribution in [0.4, 0.5) is 5.95 Å². The van der Waals surface area contributed by atoms with Crippen molar-refractivity contribution in [3.8, 4) is 11.5 Å². The first kappa shape index (κ1) is 27.5. The predicted octanol–water partition coefficient (Wildman–Crippen LogP) is 5.63. The number of benzene rings is 2. The SMILES string of the molecule is CCOC(=O)[C@@H]1C(=O)N(CCC(C)C)c2nc3ccccc3n2[C@H]1c1ccc(OCCC(C)C)c(OC)c1. The molecule has 2 atom stereocenters. The van der Waals surface area contributed by atoms with Gasteiger partial charge in [-0.2, -0.15) is 0 Å². The smallest absolute Gasteiger partial charge is 0.321 e. The standard InChI is InChI=1S/C30H39N3O5/c1-7-37-29(35)26-27(21-12-13-24(25(18-21)36-6)38-17-15-20(4)5)33-23-11-9-8-10-22(23)31-30(33)32(28(26)34)16-14-19(2)3/h8-13,18-20,26-27H,7,14-17H2,1-6H3/t26-,27-/m0/s1. The van der Waals surface area contributed by atoms with Crippen molar-refractivity contribution in [2.45, 2.75) is 53.5 Å². The number of anilines is 1. The fourth-order valence-electron chi connectivity index (χ4n) is 4.84. The number of rotatable bonds is 11. The van der Waals surface area contributed by atoms with E-state index in [1.165, 1.54) is 0 Å². The van der Waals surface area contributed by atoms with E-state index in [0.29, 0.717) is 42.4 Å². The Morgan fingerprint density at radius 2 is 1.76 bits per heavy atom. The second-order valence-electron chi connectivity index (χ2n) is 10.6. The minimum Gasteiger partial charge on any atom is -0.493 e. The van der Waals surface area contributed by atoms with Crippen molar-refractivity contribution in [3.63, 3.8) is 0 Å². The van der Waals surface area contributed by atoms with Crippen LogP contribution in [0.5, 0.6) is 11.5 Å². The number of aromatic nitrogens is 2. The largest absolute Gasteiger partial charge is 0.493 e. The highest BCUT2D eigenvalue weighted by atomic mass is 16.5. The number of imidazole rings is 1. The first-order valence-corrected chi connectivity index (χ1v) is 13.5. The Labute approximate surface area is 224 Å². The molecule has 0 saturated carbocycles. The molecular formula is C30H39N3O5. The van der Waals surface area contributed by atoms with Gasteiger partial charge in [0.2, 0.25) is 11.9 Å². The maximum absolute atomic E-state index is 14.0. The molecule has 204 valence electrons. The average Bonchev–Trinajstić information content (AvgIpc) is 3.26. The summed E-state index contributed by atoms with van der Waals surface area (Å²) in [7, 11) is 1.59. The van der Waals surface area contributed by atoms with Crippen LogP contribution in [-0.2, 0) is 14.3 Å². The van der Waals surface area contributed by atoms with Gasteiger partial charge < -0.3 is 18.8 Å². The number of fused-ring (bicyclic) bond motifs is 3. The van der Waals surface area contributed by atoms with Gasteiger partial charge in [0.05, 0.1) is 37.4 Å². The molecule has 2 heterocycles. The summed E-state index contributed by atoms with van der Waals surface area (Å²) in [6, 6.07) is 12.7. The van der Waals surface area contributed by atoms with E-state index in [9.17, 15) is 9.59 Å². The molecule has 8 nitrogen and oxygen atoms in total. The number of carbonyl (C=O) groups excluding carboxylic acids is 2. The van der Waals surface area contributed by atoms with Crippen molar-refractivity contribution in [2.24, 2.45) is 17.8 Å². The molecule has 4 rings (SSSR count). The minimum absolute atomic E-state index is 0.185. The third kappa shape index (κ3) is 5.49. The van der Waals surface area contributed by atoms with Gasteiger partial charge in [0.15, 0.2) is 17.4 Å². The molecule has 0 N–H and O–H groups in total. The van der Waals surface area contributed by atoms with Crippen molar-refractivity contribution >= 4 is 28.9 Å². The number of carbonyl (C=O) groups is 2. The second kappa shape index (κ2) is 11.9. The predicted molar refractivity (Wildman–Crippen MR) is 148 cm³/mol. The molecule has 0 spiro atoms. The van der Waals surface area contributed by atoms with Crippen LogP contribution in [0.2, 0.25) is 0 Å². The fraction of sp³-hybridized carbons (Fsp3) is 0.500. The molecule has 1 aromatic heterocycles. The van der Waals surface area contributed by atoms with Gasteiger partial charge in [-0.3, -0.25) is 14.5 Å². The molecule has 0 saturated heterocycles. The normalized spacial score (nSPS) is 17.3. The number of ether oxygens (including phenoxy) is 3. The van der Waals surface area contributed by atoms with Crippen molar-refractivity contribution in [1.82, 2.24) is 9.55 Å². The zero-order valence-electron chi connectivity index (χ0n) is 23.3. The number of nitrogens with zero attached hydrogens (tertiary/aromatic N) is 3. The van der Waals surface area contributed by atoms with E-state index >= 15 is 0 Å². The highest BCUT2D eigenvalue weighted by Gasteiger charge is 2.48. The van der Waals surface area contributed by atoms with Crippen LogP contribution in [0, 0.1) is 17.8 Å². The summed E-state index contributed by atoms with van der Waals surface area (Å²) in [6.45, 7) is 11.5. The summed E-state index contributed by atoms with van der Waals surface area (Å²) < 4.78 is 19.2. The molecule has 2 aromatic carbocycles. The maximum Gasteiger partial charge on any atom is 0.321 e. The van der Waals surface area contributed by atoms with Crippen LogP contribution < -0.4 is 14.4 Å². The van der Waals surface area contributed by atoms with Crippen LogP contribution in [0.1, 0.15) is 59.1 Å². The van der Waals surface area contributed by atoms with Gasteiger partial charge >= 0.3 is 5.97 Å². The second-order valence-corrected chi connectivity index (χ2v) is 10.6. The first-order valence-electron chi connectivity index (χ1n) is 13.5. The Balaban J connectivity index is 1.87. The average molecular weight is 522 g/mol. The van der Waals surface area contributed by atoms with Crippen molar-refractivity contribution < 1.29 is 23.8 Å². The molecule has 1 amide bonds. The lowest BCUT2D eigenvalue weighted by molar-refractivity contribution is -0.153. The van der Waals surface area contributed by atoms with Gasteiger partial charge in [0.1, 0.15) is 0 Å². The zero-order chi connectivity index (χ0) is 27.4. The molecule has 38 heavy (non-hydrogen) atoms. The molecule has 1 aliphatic heterocycles. The summed E-state index contributed by atoms with van der Waals surface area (Å²) >= 11 is 0. The van der Waals surface area contributed by atoms with Crippen molar-refractivity contribution in [2.75, 3.05) is 31.8 Å². The Hall–Kier alpha value is -3.55. The van der Waals surface area contributed by atoms with Gasteiger partial charge in [0.25, 0.3) is 0 Å². The molecule has 8 heteroatoms. The van der Waals surface area contributed by atoms with Crippen LogP contribution in [0.15, 0.2) is 42.5 Å². The Morgan fingerprint density at radius 3 is 2.45 bits per heavy atom. The third-order valence-corrected chi connectivity index (χ3v) is 6.90. The molecule has 0 radical (unpaired) electrons. The van der Waals surface area contributed by atoms with Gasteiger partial charge in [-0.1, -0.05) is 45.9 Å². The van der Waals surface area contributed by atoms with E-state index in [-0.39, 0.29) is 12.5 Å². The number of hydrogen-bond donors (Lipinski definition) is 0. The van der Waals surface area contributed by atoms with E-state index in [1.54, 1.807) is 18.9 Å². The molecule has 1 aliphatic rings. The van der Waals surface area contributed by atoms with E-state index < -0.39 is 17.9 Å². The van der Waals surface area contributed by atoms with Crippen molar-refractivity contribution in [3.05, 3.63) is 48.0 Å². The molecule has 0 bridgehead atoms. The summed E-state index contributed by atoms with van der Waals surface area (Å²) in [4.78, 5) is 33.9. The number of para-hydroxylation sites is 2. The lowest BCUT2D eigenvalue weighted by Crippen LogP contribution is -2.50. The Bertz CT molecular complexity index is 1280. The van der Waals surface area contributed by atoms with Crippen LogP contribution in [0.25, 0.3) is 11.0 Å². The van der Waals surface area contributed by atoms with E-state index in [4.69, 9.17) is 19.2 Å². The topological polar surface area (TPSA) is 82.9 Å². The van der Waals surface area contributed by atoms with Gasteiger partial charge in [-0.25, -0.2) is 4.98 Å². The summed E-state index contributed by atoms with van der Waals surface area (Å²) in [5.74, 6) is 0.709. The monoisotopic (exact) mass is 521 g/mol. The van der Waals surface area contributed by atoms with Gasteiger partial charge in [-0.05, 0) is 61.4 Å². The summed E-state index contributed by atoms with van der Waals surface area (Å²) in [6.07, 6.45) is 1.70. The summed E-state index contributed by atoms with van der Waals surface area (Å²) in [5, 5.41) is 0. The number of amides is 1. The highest BCUT2D eigenvalue weighted by molar-refractivity contribution is 6.08. The van der Waals surface area contributed by atoms with E-state index in [2.05, 4.69) is 27.7 Å². The maximum atomic E-state index is 14.0. The Morgan fingerprint density at radius 1 is 1.03 bits per heavy atom. The minimum atomic E-state index is -1.07. The summed E-state index contributed by atoms with van der Waals surface area (Å²) in [5.41, 5.74) is 2.36. The number of hydrogen-bond acceptors (Lipinski definition) is 6. The first-order chi connectivity index (χ1) is 18.3. The zero-order valence-corrected chi connectivity index (χ0v) is 23.3. The van der Waals surface area contributed by atoms with E-state index in [1.807, 2.05) is 47.0 Å². The number of esters is 1. The molecule has 0 unspecified atom stereocenters. The van der Waals surface area contributed by atoms with Gasteiger partial charge in [-0.15, -0.1) is 0 Å². The van der Waals surface area contributed by atoms with Gasteiger partial charge in [0, 0.05) is 6.54 Å². The Kier molecular flexibility index (Phi) is 8.59. The quantitative estimate of drug-likeness (QED) is 0.240. The third-order valence-electron chi connectivity index (χ3n) is 6.90. The van der Waals surface area contributed by atoms with Crippen LogP contribution in [-0.4, -0.2) is 48.3 Å². The fourth-order valence-corrected chi connectivity index (χ4v) is 4.84. The molecule has 0 aliphatic carbocycles. The number of methoxy groups -OCH3 is 1. The van der Waals surface area contributed by atoms with Crippen LogP contribution >= 0.6 is 0 Å². The lowest BCUT2D eigenvalue weighted by atomic mass is 9.89. The molecule has 0 fully saturated rings. The molecular weight excluding hydrogens is 482 g/mol. The highest BCUT2D eigenvalue weighted by Crippen LogP contribution is 2.43.